The van der Waals surface area contributed by atoms with Gasteiger partial charge in [-0.1, -0.05) is 41.9 Å². The van der Waals surface area contributed by atoms with Crippen LogP contribution < -0.4 is 16.4 Å². The average molecular weight is 353 g/mol. The molecule has 0 saturated heterocycles. The van der Waals surface area contributed by atoms with E-state index in [1.54, 1.807) is 36.4 Å². The molecule has 4 N–H and O–H groups in total. The largest absolute Gasteiger partial charge is 0.382 e. The Morgan fingerprint density at radius 1 is 1.00 bits per heavy atom. The summed E-state index contributed by atoms with van der Waals surface area (Å²) in [6.45, 7) is 0.643. The van der Waals surface area contributed by atoms with E-state index in [1.807, 2.05) is 30.3 Å². The van der Waals surface area contributed by atoms with Crippen LogP contribution in [0.15, 0.2) is 66.7 Å². The first-order chi connectivity index (χ1) is 12.1. The molecule has 0 aliphatic heterocycles. The molecule has 0 aliphatic carbocycles. The van der Waals surface area contributed by atoms with E-state index >= 15 is 0 Å². The molecule has 3 rings (SSSR count). The third kappa shape index (κ3) is 4.49. The Morgan fingerprint density at radius 3 is 2.40 bits per heavy atom. The molecule has 126 valence electrons. The molecule has 3 aromatic rings. The summed E-state index contributed by atoms with van der Waals surface area (Å²) in [6, 6.07) is 20.1. The first kappa shape index (κ1) is 16.8. The van der Waals surface area contributed by atoms with Crippen molar-refractivity contribution in [3.63, 3.8) is 0 Å². The van der Waals surface area contributed by atoms with Crippen LogP contribution in [-0.4, -0.2) is 10.9 Å². The molecular weight excluding hydrogens is 336 g/mol. The van der Waals surface area contributed by atoms with Gasteiger partial charge in [0.2, 0.25) is 0 Å². The van der Waals surface area contributed by atoms with Gasteiger partial charge in [0, 0.05) is 17.1 Å². The van der Waals surface area contributed by atoms with Crippen LogP contribution in [0.1, 0.15) is 15.9 Å². The summed E-state index contributed by atoms with van der Waals surface area (Å²) in [5, 5.41) is 6.53. The summed E-state index contributed by atoms with van der Waals surface area (Å²) >= 11 is 5.82. The minimum atomic E-state index is -0.268. The highest BCUT2D eigenvalue weighted by Crippen LogP contribution is 2.20. The first-order valence-electron chi connectivity index (χ1n) is 7.73. The molecule has 6 heteroatoms. The van der Waals surface area contributed by atoms with Crippen LogP contribution in [0, 0.1) is 0 Å². The maximum atomic E-state index is 12.2. The van der Waals surface area contributed by atoms with Gasteiger partial charge in [-0.2, -0.15) is 0 Å². The first-order valence-corrected chi connectivity index (χ1v) is 8.11. The van der Waals surface area contributed by atoms with Crippen molar-refractivity contribution in [1.82, 2.24) is 4.98 Å². The number of nitrogens with zero attached hydrogens (tertiary/aromatic N) is 1. The van der Waals surface area contributed by atoms with Crippen molar-refractivity contribution in [3.8, 4) is 0 Å². The Morgan fingerprint density at radius 2 is 1.72 bits per heavy atom. The third-order valence-electron chi connectivity index (χ3n) is 3.60. The number of nitrogens with one attached hydrogen (secondary N) is 2. The van der Waals surface area contributed by atoms with Crippen molar-refractivity contribution in [1.29, 1.82) is 0 Å². The summed E-state index contributed by atoms with van der Waals surface area (Å²) in [4.78, 5) is 16.5. The van der Waals surface area contributed by atoms with E-state index in [0.717, 1.165) is 5.56 Å². The van der Waals surface area contributed by atoms with E-state index < -0.39 is 0 Å². The Labute approximate surface area is 150 Å². The van der Waals surface area contributed by atoms with Gasteiger partial charge in [-0.05, 0) is 42.0 Å². The number of rotatable bonds is 5. The van der Waals surface area contributed by atoms with E-state index in [4.69, 9.17) is 17.3 Å². The number of halogens is 1. The lowest BCUT2D eigenvalue weighted by Crippen LogP contribution is -2.14. The molecule has 0 radical (unpaired) electrons. The molecular formula is C19H17ClN4O. The number of pyridine rings is 1. The summed E-state index contributed by atoms with van der Waals surface area (Å²) in [7, 11) is 0. The van der Waals surface area contributed by atoms with Gasteiger partial charge in [0.15, 0.2) is 0 Å². The second-order valence-corrected chi connectivity index (χ2v) is 5.87. The molecule has 0 bridgehead atoms. The van der Waals surface area contributed by atoms with Gasteiger partial charge in [-0.15, -0.1) is 0 Å². The summed E-state index contributed by atoms with van der Waals surface area (Å²) in [5.74, 6) is 0.626. The SMILES string of the molecule is Nc1nc(NCc2ccccc2)ccc1NC(=O)c1ccc(Cl)cc1. The Balaban J connectivity index is 1.65. The van der Waals surface area contributed by atoms with E-state index in [-0.39, 0.29) is 11.7 Å². The molecule has 25 heavy (non-hydrogen) atoms. The number of nitrogens with two attached hydrogens (primary N) is 1. The van der Waals surface area contributed by atoms with Crippen LogP contribution in [0.5, 0.6) is 0 Å². The van der Waals surface area contributed by atoms with E-state index in [2.05, 4.69) is 15.6 Å². The van der Waals surface area contributed by atoms with Gasteiger partial charge in [0.1, 0.15) is 11.6 Å². The van der Waals surface area contributed by atoms with Crippen LogP contribution in [0.3, 0.4) is 0 Å². The summed E-state index contributed by atoms with van der Waals surface area (Å²) in [6.07, 6.45) is 0. The smallest absolute Gasteiger partial charge is 0.255 e. The fourth-order valence-corrected chi connectivity index (χ4v) is 2.39. The number of hydrogen-bond acceptors (Lipinski definition) is 4. The highest BCUT2D eigenvalue weighted by Gasteiger charge is 2.09. The van der Waals surface area contributed by atoms with Crippen molar-refractivity contribution in [3.05, 3.63) is 82.9 Å². The second-order valence-electron chi connectivity index (χ2n) is 5.43. The van der Waals surface area contributed by atoms with Crippen LogP contribution in [0.2, 0.25) is 5.02 Å². The van der Waals surface area contributed by atoms with Gasteiger partial charge in [-0.3, -0.25) is 4.79 Å². The van der Waals surface area contributed by atoms with Gasteiger partial charge in [0.05, 0.1) is 5.69 Å². The van der Waals surface area contributed by atoms with E-state index in [9.17, 15) is 4.79 Å². The lowest BCUT2D eigenvalue weighted by Gasteiger charge is -2.11. The highest BCUT2D eigenvalue weighted by atomic mass is 35.5. The molecule has 0 atom stereocenters. The number of amides is 1. The van der Waals surface area contributed by atoms with Crippen LogP contribution in [-0.2, 0) is 6.54 Å². The molecule has 1 amide bonds. The van der Waals surface area contributed by atoms with Gasteiger partial charge < -0.3 is 16.4 Å². The second kappa shape index (κ2) is 7.68. The van der Waals surface area contributed by atoms with Crippen molar-refractivity contribution in [2.24, 2.45) is 0 Å². The van der Waals surface area contributed by atoms with E-state index in [1.165, 1.54) is 0 Å². The monoisotopic (exact) mass is 352 g/mol. The fourth-order valence-electron chi connectivity index (χ4n) is 2.26. The minimum Gasteiger partial charge on any atom is -0.382 e. The van der Waals surface area contributed by atoms with Gasteiger partial charge in [-0.25, -0.2) is 4.98 Å². The highest BCUT2D eigenvalue weighted by molar-refractivity contribution is 6.30. The molecule has 1 aromatic heterocycles. The molecule has 0 aliphatic rings. The minimum absolute atomic E-state index is 0.250. The zero-order chi connectivity index (χ0) is 17.6. The lowest BCUT2D eigenvalue weighted by atomic mass is 10.2. The predicted octanol–water partition coefficient (Wildman–Crippen LogP) is 4.18. The molecule has 1 heterocycles. The fraction of sp³-hybridized carbons (Fsp3) is 0.0526. The zero-order valence-corrected chi connectivity index (χ0v) is 14.1. The quantitative estimate of drug-likeness (QED) is 0.643. The van der Waals surface area contributed by atoms with Crippen LogP contribution >= 0.6 is 11.6 Å². The van der Waals surface area contributed by atoms with Crippen LogP contribution in [0.25, 0.3) is 0 Å². The number of hydrogen-bond donors (Lipinski definition) is 3. The molecule has 2 aromatic carbocycles. The summed E-state index contributed by atoms with van der Waals surface area (Å²) < 4.78 is 0. The number of carbonyl (C=O) groups excluding carboxylic acids is 1. The average Bonchev–Trinajstić information content (AvgIpc) is 2.63. The molecule has 0 fully saturated rings. The number of benzene rings is 2. The molecule has 0 saturated carbocycles. The molecule has 0 unspecified atom stereocenters. The van der Waals surface area contributed by atoms with Crippen molar-refractivity contribution in [2.45, 2.75) is 6.54 Å². The van der Waals surface area contributed by atoms with Crippen molar-refractivity contribution in [2.75, 3.05) is 16.4 Å². The Hall–Kier alpha value is -3.05. The predicted molar refractivity (Wildman–Crippen MR) is 102 cm³/mol. The number of aromatic nitrogens is 1. The number of nitrogen functional groups attached to an aromatic ring is 1. The van der Waals surface area contributed by atoms with Gasteiger partial charge in [0.25, 0.3) is 5.91 Å². The van der Waals surface area contributed by atoms with Gasteiger partial charge >= 0.3 is 0 Å². The maximum Gasteiger partial charge on any atom is 0.255 e. The summed E-state index contributed by atoms with van der Waals surface area (Å²) in [5.41, 5.74) is 8.05. The lowest BCUT2D eigenvalue weighted by molar-refractivity contribution is 0.102. The van der Waals surface area contributed by atoms with Crippen molar-refractivity contribution < 1.29 is 4.79 Å². The molecule has 5 nitrogen and oxygen atoms in total. The zero-order valence-electron chi connectivity index (χ0n) is 13.4. The topological polar surface area (TPSA) is 80.0 Å². The number of anilines is 3. The normalized spacial score (nSPS) is 10.3. The number of carbonyl (C=O) groups is 1. The third-order valence-corrected chi connectivity index (χ3v) is 3.85. The van der Waals surface area contributed by atoms with Crippen LogP contribution in [0.4, 0.5) is 17.3 Å². The standard InChI is InChI=1S/C19H17ClN4O/c20-15-8-6-14(7-9-15)19(25)23-16-10-11-17(24-18(16)21)22-12-13-4-2-1-3-5-13/h1-11H,12H2,(H,23,25)(H3,21,22,24). The Kier molecular flexibility index (Phi) is 5.16. The van der Waals surface area contributed by atoms with Crippen molar-refractivity contribution >= 4 is 34.8 Å². The maximum absolute atomic E-state index is 12.2. The van der Waals surface area contributed by atoms with E-state index in [0.29, 0.717) is 28.6 Å². The Bertz CT molecular complexity index is 866. The molecule has 0 spiro atoms.